The number of nitrogens with zero attached hydrogens (tertiary/aromatic N) is 1. The van der Waals surface area contributed by atoms with Crippen molar-refractivity contribution in [2.24, 2.45) is 5.92 Å². The Morgan fingerprint density at radius 2 is 2.00 bits per heavy atom. The van der Waals surface area contributed by atoms with E-state index >= 15 is 0 Å². The molecule has 1 atom stereocenters. The Morgan fingerprint density at radius 3 is 2.67 bits per heavy atom. The molecular weight excluding hydrogens is 228 g/mol. The standard InChI is InChI=1S/C14H22N2O2/c1-2-3-9-16-10-12(17)15-13(14(16)18)11-7-5-4-6-8-11/h2,11,13H,1,3-10H2,(H,15,17). The van der Waals surface area contributed by atoms with Crippen LogP contribution in [0.5, 0.6) is 0 Å². The summed E-state index contributed by atoms with van der Waals surface area (Å²) < 4.78 is 0. The molecule has 0 bridgehead atoms. The zero-order chi connectivity index (χ0) is 13.0. The molecule has 100 valence electrons. The van der Waals surface area contributed by atoms with Gasteiger partial charge >= 0.3 is 0 Å². The number of nitrogens with one attached hydrogen (secondary N) is 1. The van der Waals surface area contributed by atoms with Crippen molar-refractivity contribution in [3.8, 4) is 0 Å². The fraction of sp³-hybridized carbons (Fsp3) is 0.714. The first-order valence-electron chi connectivity index (χ1n) is 6.91. The first-order valence-corrected chi connectivity index (χ1v) is 6.91. The van der Waals surface area contributed by atoms with Gasteiger partial charge in [-0.05, 0) is 25.2 Å². The summed E-state index contributed by atoms with van der Waals surface area (Å²) in [5.74, 6) is 0.416. The van der Waals surface area contributed by atoms with E-state index in [4.69, 9.17) is 0 Å². The van der Waals surface area contributed by atoms with Gasteiger partial charge in [-0.3, -0.25) is 9.59 Å². The van der Waals surface area contributed by atoms with E-state index in [0.717, 1.165) is 19.3 Å². The molecule has 18 heavy (non-hydrogen) atoms. The predicted octanol–water partition coefficient (Wildman–Crippen LogP) is 1.47. The fourth-order valence-corrected chi connectivity index (χ4v) is 2.95. The second-order valence-electron chi connectivity index (χ2n) is 5.28. The van der Waals surface area contributed by atoms with Gasteiger partial charge in [0.05, 0.1) is 6.54 Å². The van der Waals surface area contributed by atoms with Gasteiger partial charge in [0.2, 0.25) is 11.8 Å². The van der Waals surface area contributed by atoms with Crippen molar-refractivity contribution in [3.05, 3.63) is 12.7 Å². The smallest absolute Gasteiger partial charge is 0.245 e. The third kappa shape index (κ3) is 2.92. The van der Waals surface area contributed by atoms with Gasteiger partial charge in [-0.25, -0.2) is 0 Å². The Labute approximate surface area is 108 Å². The molecule has 1 unspecified atom stereocenters. The van der Waals surface area contributed by atoms with Gasteiger partial charge in [0.1, 0.15) is 6.04 Å². The minimum absolute atomic E-state index is 0.0192. The molecule has 1 aliphatic carbocycles. The second kappa shape index (κ2) is 6.03. The molecule has 0 aromatic heterocycles. The summed E-state index contributed by atoms with van der Waals surface area (Å²) in [6.07, 6.45) is 8.27. The Kier molecular flexibility index (Phi) is 4.39. The van der Waals surface area contributed by atoms with Crippen LogP contribution in [0.4, 0.5) is 0 Å². The Hall–Kier alpha value is -1.32. The fourth-order valence-electron chi connectivity index (χ4n) is 2.95. The van der Waals surface area contributed by atoms with Crippen LogP contribution in [0.15, 0.2) is 12.7 Å². The predicted molar refractivity (Wildman–Crippen MR) is 69.9 cm³/mol. The average molecular weight is 250 g/mol. The van der Waals surface area contributed by atoms with Crippen molar-refractivity contribution in [1.82, 2.24) is 10.2 Å². The van der Waals surface area contributed by atoms with E-state index in [0.29, 0.717) is 12.5 Å². The molecule has 4 nitrogen and oxygen atoms in total. The van der Waals surface area contributed by atoms with Crippen LogP contribution < -0.4 is 5.32 Å². The van der Waals surface area contributed by atoms with Gasteiger partial charge in [0, 0.05) is 6.54 Å². The van der Waals surface area contributed by atoms with Crippen LogP contribution in [0.3, 0.4) is 0 Å². The molecule has 1 N–H and O–H groups in total. The van der Waals surface area contributed by atoms with Gasteiger partial charge < -0.3 is 10.2 Å². The van der Waals surface area contributed by atoms with E-state index < -0.39 is 0 Å². The van der Waals surface area contributed by atoms with Crippen LogP contribution in [-0.4, -0.2) is 35.8 Å². The summed E-state index contributed by atoms with van der Waals surface area (Å²) in [6, 6.07) is -0.281. The van der Waals surface area contributed by atoms with Gasteiger partial charge in [-0.15, -0.1) is 6.58 Å². The van der Waals surface area contributed by atoms with Gasteiger partial charge in [0.25, 0.3) is 0 Å². The summed E-state index contributed by atoms with van der Waals surface area (Å²) in [7, 11) is 0. The number of rotatable bonds is 4. The molecule has 1 saturated heterocycles. The molecule has 0 aromatic rings. The summed E-state index contributed by atoms with van der Waals surface area (Å²) in [6.45, 7) is 4.47. The average Bonchev–Trinajstić information content (AvgIpc) is 2.40. The molecule has 1 aliphatic heterocycles. The minimum Gasteiger partial charge on any atom is -0.342 e. The van der Waals surface area contributed by atoms with Crippen LogP contribution in [-0.2, 0) is 9.59 Å². The lowest BCUT2D eigenvalue weighted by Crippen LogP contribution is -2.60. The zero-order valence-corrected chi connectivity index (χ0v) is 10.9. The van der Waals surface area contributed by atoms with E-state index in [9.17, 15) is 9.59 Å². The Bertz CT molecular complexity index is 335. The molecule has 2 fully saturated rings. The van der Waals surface area contributed by atoms with Crippen molar-refractivity contribution < 1.29 is 9.59 Å². The van der Waals surface area contributed by atoms with Gasteiger partial charge in [-0.2, -0.15) is 0 Å². The summed E-state index contributed by atoms with van der Waals surface area (Å²) in [5, 5.41) is 2.89. The molecule has 2 rings (SSSR count). The maximum Gasteiger partial charge on any atom is 0.245 e. The number of hydrogen-bond acceptors (Lipinski definition) is 2. The number of carbonyl (C=O) groups excluding carboxylic acids is 2. The first kappa shape index (κ1) is 13.1. The molecule has 1 heterocycles. The topological polar surface area (TPSA) is 49.4 Å². The third-order valence-electron chi connectivity index (χ3n) is 3.95. The Balaban J connectivity index is 2.01. The van der Waals surface area contributed by atoms with E-state index in [1.165, 1.54) is 19.3 Å². The Morgan fingerprint density at radius 1 is 1.28 bits per heavy atom. The largest absolute Gasteiger partial charge is 0.342 e. The summed E-state index contributed by atoms with van der Waals surface area (Å²) in [4.78, 5) is 25.7. The highest BCUT2D eigenvalue weighted by molar-refractivity contribution is 5.95. The maximum absolute atomic E-state index is 12.4. The van der Waals surface area contributed by atoms with E-state index in [2.05, 4.69) is 11.9 Å². The molecule has 0 aromatic carbocycles. The molecule has 1 saturated carbocycles. The van der Waals surface area contributed by atoms with Crippen molar-refractivity contribution in [2.45, 2.75) is 44.6 Å². The monoisotopic (exact) mass is 250 g/mol. The molecule has 0 spiro atoms. The summed E-state index contributed by atoms with van der Waals surface area (Å²) >= 11 is 0. The van der Waals surface area contributed by atoms with Crippen molar-refractivity contribution in [2.75, 3.05) is 13.1 Å². The molecular formula is C14H22N2O2. The lowest BCUT2D eigenvalue weighted by atomic mass is 9.82. The second-order valence-corrected chi connectivity index (χ2v) is 5.28. The first-order chi connectivity index (χ1) is 8.72. The van der Waals surface area contributed by atoms with Crippen LogP contribution in [0.25, 0.3) is 0 Å². The number of hydrogen-bond donors (Lipinski definition) is 1. The lowest BCUT2D eigenvalue weighted by Gasteiger charge is -2.37. The highest BCUT2D eigenvalue weighted by Crippen LogP contribution is 2.28. The molecule has 2 amide bonds. The van der Waals surface area contributed by atoms with Crippen molar-refractivity contribution in [3.63, 3.8) is 0 Å². The quantitative estimate of drug-likeness (QED) is 0.768. The van der Waals surface area contributed by atoms with Crippen molar-refractivity contribution >= 4 is 11.8 Å². The van der Waals surface area contributed by atoms with Crippen LogP contribution in [0.2, 0.25) is 0 Å². The molecule has 2 aliphatic rings. The van der Waals surface area contributed by atoms with Crippen molar-refractivity contribution in [1.29, 1.82) is 0 Å². The zero-order valence-electron chi connectivity index (χ0n) is 10.9. The van der Waals surface area contributed by atoms with Crippen LogP contribution in [0, 0.1) is 5.92 Å². The molecule has 4 heteroatoms. The highest BCUT2D eigenvalue weighted by Gasteiger charge is 2.37. The van der Waals surface area contributed by atoms with Crippen LogP contribution in [0.1, 0.15) is 38.5 Å². The number of amides is 2. The SMILES string of the molecule is C=CCCN1CC(=O)NC(C2CCCCC2)C1=O. The normalized spacial score (nSPS) is 26.0. The molecule has 0 radical (unpaired) electrons. The third-order valence-corrected chi connectivity index (χ3v) is 3.95. The minimum atomic E-state index is -0.281. The number of piperazine rings is 1. The van der Waals surface area contributed by atoms with Crippen LogP contribution >= 0.6 is 0 Å². The van der Waals surface area contributed by atoms with E-state index in [-0.39, 0.29) is 24.4 Å². The summed E-state index contributed by atoms with van der Waals surface area (Å²) in [5.41, 5.74) is 0. The highest BCUT2D eigenvalue weighted by atomic mass is 16.2. The van der Waals surface area contributed by atoms with Gasteiger partial charge in [0.15, 0.2) is 0 Å². The van der Waals surface area contributed by atoms with Gasteiger partial charge in [-0.1, -0.05) is 25.3 Å². The lowest BCUT2D eigenvalue weighted by molar-refractivity contribution is -0.146. The van der Waals surface area contributed by atoms with E-state index in [1.807, 2.05) is 0 Å². The number of carbonyl (C=O) groups is 2. The van der Waals surface area contributed by atoms with E-state index in [1.54, 1.807) is 11.0 Å². The maximum atomic E-state index is 12.4.